The summed E-state index contributed by atoms with van der Waals surface area (Å²) in [7, 11) is 0. The van der Waals surface area contributed by atoms with Crippen molar-refractivity contribution in [3.63, 3.8) is 0 Å². The molecular weight excluding hydrogens is 392 g/mol. The number of amides is 1. The van der Waals surface area contributed by atoms with Crippen LogP contribution in [0.2, 0.25) is 0 Å². The van der Waals surface area contributed by atoms with E-state index in [9.17, 15) is 27.2 Å². The van der Waals surface area contributed by atoms with Crippen LogP contribution >= 0.6 is 0 Å². The van der Waals surface area contributed by atoms with E-state index in [1.807, 2.05) is 0 Å². The third-order valence-electron chi connectivity index (χ3n) is 4.06. The molecule has 0 bridgehead atoms. The molecular formula is C20H20F4N2O3. The SMILES string of the molecule is CCOC(=O)[C@](NCCc1ccc(F)cc1)(NC(=O)c1ccccc1)C(F)(F)F. The molecule has 9 heteroatoms. The molecule has 0 aliphatic rings. The van der Waals surface area contributed by atoms with Gasteiger partial charge in [-0.3, -0.25) is 10.1 Å². The average molecular weight is 412 g/mol. The Bertz CT molecular complexity index is 826. The van der Waals surface area contributed by atoms with Crippen molar-refractivity contribution >= 4 is 11.9 Å². The largest absolute Gasteiger partial charge is 0.463 e. The second kappa shape index (κ2) is 9.51. The molecule has 0 unspecified atom stereocenters. The summed E-state index contributed by atoms with van der Waals surface area (Å²) >= 11 is 0. The van der Waals surface area contributed by atoms with Crippen LogP contribution in [0.25, 0.3) is 0 Å². The van der Waals surface area contributed by atoms with Gasteiger partial charge >= 0.3 is 12.1 Å². The van der Waals surface area contributed by atoms with E-state index >= 15 is 0 Å². The maximum absolute atomic E-state index is 14.0. The van der Waals surface area contributed by atoms with Crippen molar-refractivity contribution in [1.82, 2.24) is 10.6 Å². The third-order valence-corrected chi connectivity index (χ3v) is 4.06. The van der Waals surface area contributed by atoms with Gasteiger partial charge in [-0.1, -0.05) is 30.3 Å². The van der Waals surface area contributed by atoms with Crippen molar-refractivity contribution in [2.45, 2.75) is 25.2 Å². The van der Waals surface area contributed by atoms with Crippen LogP contribution in [-0.2, 0) is 16.0 Å². The van der Waals surface area contributed by atoms with Crippen molar-refractivity contribution in [1.29, 1.82) is 0 Å². The second-order valence-electron chi connectivity index (χ2n) is 6.09. The number of carbonyl (C=O) groups is 2. The Morgan fingerprint density at radius 3 is 2.17 bits per heavy atom. The van der Waals surface area contributed by atoms with Gasteiger partial charge in [-0.2, -0.15) is 13.2 Å². The number of carbonyl (C=O) groups excluding carboxylic acids is 2. The monoisotopic (exact) mass is 412 g/mol. The van der Waals surface area contributed by atoms with E-state index in [1.165, 1.54) is 55.5 Å². The molecule has 2 aromatic carbocycles. The van der Waals surface area contributed by atoms with Gasteiger partial charge in [0.2, 0.25) is 0 Å². The summed E-state index contributed by atoms with van der Waals surface area (Å²) in [6, 6.07) is 12.4. The molecule has 29 heavy (non-hydrogen) atoms. The first-order chi connectivity index (χ1) is 13.7. The summed E-state index contributed by atoms with van der Waals surface area (Å²) in [4.78, 5) is 24.7. The Labute approximate surface area is 165 Å². The van der Waals surface area contributed by atoms with Crippen molar-refractivity contribution in [3.05, 3.63) is 71.5 Å². The Balaban J connectivity index is 2.28. The van der Waals surface area contributed by atoms with Crippen LogP contribution in [-0.4, -0.2) is 36.9 Å². The van der Waals surface area contributed by atoms with Gasteiger partial charge in [0.25, 0.3) is 11.6 Å². The Morgan fingerprint density at radius 1 is 1.00 bits per heavy atom. The van der Waals surface area contributed by atoms with E-state index in [-0.39, 0.29) is 25.1 Å². The number of benzene rings is 2. The van der Waals surface area contributed by atoms with Crippen LogP contribution in [0.15, 0.2) is 54.6 Å². The molecule has 0 aliphatic carbocycles. The molecule has 0 spiro atoms. The Morgan fingerprint density at radius 2 is 1.62 bits per heavy atom. The third kappa shape index (κ3) is 5.54. The quantitative estimate of drug-likeness (QED) is 0.397. The lowest BCUT2D eigenvalue weighted by atomic mass is 10.1. The predicted octanol–water partition coefficient (Wildman–Crippen LogP) is 3.21. The highest BCUT2D eigenvalue weighted by molar-refractivity contribution is 5.98. The fourth-order valence-electron chi connectivity index (χ4n) is 2.57. The molecule has 0 saturated heterocycles. The molecule has 0 aliphatic heterocycles. The van der Waals surface area contributed by atoms with E-state index in [4.69, 9.17) is 0 Å². The highest BCUT2D eigenvalue weighted by atomic mass is 19.4. The molecule has 1 amide bonds. The number of halogens is 4. The van der Waals surface area contributed by atoms with Gasteiger partial charge in [0.15, 0.2) is 0 Å². The van der Waals surface area contributed by atoms with Crippen LogP contribution in [0, 0.1) is 5.82 Å². The maximum atomic E-state index is 14.0. The van der Waals surface area contributed by atoms with Gasteiger partial charge < -0.3 is 10.1 Å². The first-order valence-corrected chi connectivity index (χ1v) is 8.80. The highest BCUT2D eigenvalue weighted by Gasteiger charge is 2.63. The molecule has 1 atom stereocenters. The summed E-state index contributed by atoms with van der Waals surface area (Å²) in [5.41, 5.74) is -2.94. The topological polar surface area (TPSA) is 67.4 Å². The zero-order valence-electron chi connectivity index (χ0n) is 15.6. The molecule has 0 fully saturated rings. The number of ether oxygens (including phenoxy) is 1. The Kier molecular flexibility index (Phi) is 7.33. The molecule has 2 N–H and O–H groups in total. The molecule has 2 rings (SSSR count). The lowest BCUT2D eigenvalue weighted by Crippen LogP contribution is -2.73. The predicted molar refractivity (Wildman–Crippen MR) is 97.4 cm³/mol. The molecule has 156 valence electrons. The van der Waals surface area contributed by atoms with Gasteiger partial charge in [-0.25, -0.2) is 9.18 Å². The summed E-state index contributed by atoms with van der Waals surface area (Å²) in [5.74, 6) is -3.24. The van der Waals surface area contributed by atoms with Gasteiger partial charge in [-0.15, -0.1) is 0 Å². The second-order valence-corrected chi connectivity index (χ2v) is 6.09. The minimum absolute atomic E-state index is 0.0502. The fraction of sp³-hybridized carbons (Fsp3) is 0.300. The standard InChI is InChI=1S/C20H20F4N2O3/c1-2-29-18(28)19(20(22,23)24,26-17(27)15-6-4-3-5-7-15)25-13-12-14-8-10-16(21)11-9-14/h3-11,25H,2,12-13H2,1H3,(H,26,27)/t19-/m0/s1. The van der Waals surface area contributed by atoms with E-state index in [0.29, 0.717) is 5.56 Å². The smallest absolute Gasteiger partial charge is 0.436 e. The average Bonchev–Trinajstić information content (AvgIpc) is 2.68. The van der Waals surface area contributed by atoms with Gasteiger partial charge in [0.05, 0.1) is 6.61 Å². The van der Waals surface area contributed by atoms with Crippen molar-refractivity contribution in [2.75, 3.05) is 13.2 Å². The summed E-state index contributed by atoms with van der Waals surface area (Å²) < 4.78 is 59.5. The number of rotatable bonds is 8. The minimum Gasteiger partial charge on any atom is -0.463 e. The zero-order chi connectivity index (χ0) is 21.5. The van der Waals surface area contributed by atoms with Crippen LogP contribution in [0.4, 0.5) is 17.6 Å². The normalized spacial score (nSPS) is 13.4. The van der Waals surface area contributed by atoms with Crippen molar-refractivity contribution in [2.24, 2.45) is 0 Å². The number of nitrogens with one attached hydrogen (secondary N) is 2. The summed E-state index contributed by atoms with van der Waals surface area (Å²) in [6.45, 7) is 0.715. The summed E-state index contributed by atoms with van der Waals surface area (Å²) in [6.07, 6.45) is -5.13. The zero-order valence-corrected chi connectivity index (χ0v) is 15.6. The number of alkyl halides is 3. The molecule has 5 nitrogen and oxygen atoms in total. The van der Waals surface area contributed by atoms with Gasteiger partial charge in [0.1, 0.15) is 5.82 Å². The first-order valence-electron chi connectivity index (χ1n) is 8.80. The highest BCUT2D eigenvalue weighted by Crippen LogP contribution is 2.30. The molecule has 0 aromatic heterocycles. The van der Waals surface area contributed by atoms with Crippen molar-refractivity contribution < 1.29 is 31.9 Å². The van der Waals surface area contributed by atoms with Crippen LogP contribution in [0.5, 0.6) is 0 Å². The van der Waals surface area contributed by atoms with E-state index in [0.717, 1.165) is 0 Å². The van der Waals surface area contributed by atoms with Crippen molar-refractivity contribution in [3.8, 4) is 0 Å². The van der Waals surface area contributed by atoms with Gasteiger partial charge in [-0.05, 0) is 43.2 Å². The van der Waals surface area contributed by atoms with Crippen LogP contribution < -0.4 is 10.6 Å². The van der Waals surface area contributed by atoms with E-state index < -0.39 is 29.5 Å². The van der Waals surface area contributed by atoms with Crippen LogP contribution in [0.3, 0.4) is 0 Å². The molecule has 2 aromatic rings. The summed E-state index contributed by atoms with van der Waals surface area (Å²) in [5, 5.41) is 3.85. The molecule has 0 heterocycles. The van der Waals surface area contributed by atoms with E-state index in [2.05, 4.69) is 10.1 Å². The van der Waals surface area contributed by atoms with Gasteiger partial charge in [0, 0.05) is 12.1 Å². The Hall–Kier alpha value is -2.94. The lowest BCUT2D eigenvalue weighted by molar-refractivity contribution is -0.218. The molecule has 0 radical (unpaired) electrons. The van der Waals surface area contributed by atoms with Crippen LogP contribution in [0.1, 0.15) is 22.8 Å². The van der Waals surface area contributed by atoms with E-state index in [1.54, 1.807) is 11.4 Å². The number of esters is 1. The lowest BCUT2D eigenvalue weighted by Gasteiger charge is -2.34. The minimum atomic E-state index is -5.19. The number of hydrogen-bond acceptors (Lipinski definition) is 4. The number of hydrogen-bond donors (Lipinski definition) is 2. The molecule has 0 saturated carbocycles. The first kappa shape index (κ1) is 22.4. The fourth-order valence-corrected chi connectivity index (χ4v) is 2.57. The maximum Gasteiger partial charge on any atom is 0.436 e.